The summed E-state index contributed by atoms with van der Waals surface area (Å²) >= 11 is 0. The molecule has 0 saturated carbocycles. The maximum absolute atomic E-state index is 11.8. The molecule has 21 heavy (non-hydrogen) atoms. The predicted octanol–water partition coefficient (Wildman–Crippen LogP) is 4.36. The fourth-order valence-corrected chi connectivity index (χ4v) is 2.25. The zero-order valence-electron chi connectivity index (χ0n) is 12.5. The molecule has 2 heteroatoms. The highest BCUT2D eigenvalue weighted by atomic mass is 16.5. The SMILES string of the molecule is Cc1cccc(OCCC(=O)CCCc2ccccc2)c1. The third-order valence-electron chi connectivity index (χ3n) is 3.40. The van der Waals surface area contributed by atoms with Crippen molar-refractivity contribution in [2.75, 3.05) is 6.61 Å². The van der Waals surface area contributed by atoms with Crippen molar-refractivity contribution in [3.8, 4) is 5.75 Å². The van der Waals surface area contributed by atoms with Crippen molar-refractivity contribution in [2.45, 2.75) is 32.6 Å². The van der Waals surface area contributed by atoms with Gasteiger partial charge in [0, 0.05) is 12.8 Å². The van der Waals surface area contributed by atoms with Gasteiger partial charge in [0.05, 0.1) is 6.61 Å². The summed E-state index contributed by atoms with van der Waals surface area (Å²) in [5, 5.41) is 0. The largest absolute Gasteiger partial charge is 0.493 e. The quantitative estimate of drug-likeness (QED) is 0.719. The standard InChI is InChI=1S/C19H22O2/c1-16-7-5-12-19(15-16)21-14-13-18(20)11-6-10-17-8-3-2-4-9-17/h2-5,7-9,12,15H,6,10-11,13-14H2,1H3. The number of carbonyl (C=O) groups excluding carboxylic acids is 1. The lowest BCUT2D eigenvalue weighted by molar-refractivity contribution is -0.119. The van der Waals surface area contributed by atoms with Gasteiger partial charge in [-0.15, -0.1) is 0 Å². The predicted molar refractivity (Wildman–Crippen MR) is 85.7 cm³/mol. The topological polar surface area (TPSA) is 26.3 Å². The summed E-state index contributed by atoms with van der Waals surface area (Å²) in [7, 11) is 0. The lowest BCUT2D eigenvalue weighted by atomic mass is 10.1. The molecular formula is C19H22O2. The van der Waals surface area contributed by atoms with Crippen LogP contribution in [-0.4, -0.2) is 12.4 Å². The molecule has 0 heterocycles. The zero-order valence-corrected chi connectivity index (χ0v) is 12.5. The van der Waals surface area contributed by atoms with E-state index in [1.807, 2.05) is 49.4 Å². The van der Waals surface area contributed by atoms with Gasteiger partial charge in [0.1, 0.15) is 11.5 Å². The Morgan fingerprint density at radius 2 is 1.81 bits per heavy atom. The van der Waals surface area contributed by atoms with Crippen LogP contribution in [0.2, 0.25) is 0 Å². The van der Waals surface area contributed by atoms with E-state index < -0.39 is 0 Å². The van der Waals surface area contributed by atoms with Crippen molar-refractivity contribution in [1.29, 1.82) is 0 Å². The monoisotopic (exact) mass is 282 g/mol. The van der Waals surface area contributed by atoms with Crippen LogP contribution in [-0.2, 0) is 11.2 Å². The first-order valence-corrected chi connectivity index (χ1v) is 7.49. The number of aryl methyl sites for hydroxylation is 2. The van der Waals surface area contributed by atoms with Gasteiger partial charge in [0.25, 0.3) is 0 Å². The van der Waals surface area contributed by atoms with Gasteiger partial charge in [-0.05, 0) is 43.0 Å². The minimum atomic E-state index is 0.276. The Kier molecular flexibility index (Phi) is 6.01. The van der Waals surface area contributed by atoms with Crippen molar-refractivity contribution < 1.29 is 9.53 Å². The maximum Gasteiger partial charge on any atom is 0.136 e. The molecule has 110 valence electrons. The van der Waals surface area contributed by atoms with E-state index in [0.29, 0.717) is 19.4 Å². The molecule has 0 saturated heterocycles. The van der Waals surface area contributed by atoms with Gasteiger partial charge in [-0.2, -0.15) is 0 Å². The van der Waals surface area contributed by atoms with Crippen molar-refractivity contribution >= 4 is 5.78 Å². The van der Waals surface area contributed by atoms with Gasteiger partial charge in [-0.3, -0.25) is 4.79 Å². The Hall–Kier alpha value is -2.09. The van der Waals surface area contributed by atoms with Crippen LogP contribution in [0.15, 0.2) is 54.6 Å². The second-order valence-electron chi connectivity index (χ2n) is 5.29. The molecule has 2 aromatic carbocycles. The third-order valence-corrected chi connectivity index (χ3v) is 3.40. The molecule has 0 amide bonds. The summed E-state index contributed by atoms with van der Waals surface area (Å²) in [6, 6.07) is 18.2. The van der Waals surface area contributed by atoms with E-state index in [9.17, 15) is 4.79 Å². The Morgan fingerprint density at radius 3 is 2.57 bits per heavy atom. The van der Waals surface area contributed by atoms with Gasteiger partial charge in [0.15, 0.2) is 0 Å². The number of Topliss-reactive ketones (excluding diaryl/α,β-unsaturated/α-hetero) is 1. The van der Waals surface area contributed by atoms with Crippen LogP contribution in [0.25, 0.3) is 0 Å². The van der Waals surface area contributed by atoms with Crippen molar-refractivity contribution in [2.24, 2.45) is 0 Å². The van der Waals surface area contributed by atoms with Gasteiger partial charge in [0.2, 0.25) is 0 Å². The van der Waals surface area contributed by atoms with Crippen LogP contribution < -0.4 is 4.74 Å². The Labute approximate surface area is 126 Å². The molecule has 0 radical (unpaired) electrons. The summed E-state index contributed by atoms with van der Waals surface area (Å²) in [6.07, 6.45) is 2.99. The zero-order chi connectivity index (χ0) is 14.9. The highest BCUT2D eigenvalue weighted by molar-refractivity contribution is 5.78. The number of benzene rings is 2. The lowest BCUT2D eigenvalue weighted by Gasteiger charge is -2.06. The molecule has 2 rings (SSSR count). The first-order chi connectivity index (χ1) is 10.2. The van der Waals surface area contributed by atoms with Crippen LogP contribution in [0.3, 0.4) is 0 Å². The fraction of sp³-hybridized carbons (Fsp3) is 0.316. The summed E-state index contributed by atoms with van der Waals surface area (Å²) in [6.45, 7) is 2.50. The second kappa shape index (κ2) is 8.25. The second-order valence-corrected chi connectivity index (χ2v) is 5.29. The number of hydrogen-bond donors (Lipinski definition) is 0. The minimum Gasteiger partial charge on any atom is -0.493 e. The van der Waals surface area contributed by atoms with Crippen molar-refractivity contribution in [3.05, 3.63) is 65.7 Å². The van der Waals surface area contributed by atoms with Gasteiger partial charge in [-0.25, -0.2) is 0 Å². The normalized spacial score (nSPS) is 10.3. The van der Waals surface area contributed by atoms with E-state index in [2.05, 4.69) is 12.1 Å². The Morgan fingerprint density at radius 1 is 1.00 bits per heavy atom. The summed E-state index contributed by atoms with van der Waals surface area (Å²) in [5.41, 5.74) is 2.46. The molecule has 0 aliphatic carbocycles. The molecule has 0 atom stereocenters. The highest BCUT2D eigenvalue weighted by Crippen LogP contribution is 2.13. The molecule has 0 fully saturated rings. The average molecular weight is 282 g/mol. The molecule has 0 N–H and O–H groups in total. The van der Waals surface area contributed by atoms with E-state index in [0.717, 1.165) is 18.6 Å². The minimum absolute atomic E-state index is 0.276. The number of rotatable bonds is 8. The first kappa shape index (κ1) is 15.3. The molecule has 0 unspecified atom stereocenters. The highest BCUT2D eigenvalue weighted by Gasteiger charge is 2.03. The molecule has 0 aliphatic rings. The number of ketones is 1. The number of ether oxygens (including phenoxy) is 1. The third kappa shape index (κ3) is 5.82. The van der Waals surface area contributed by atoms with E-state index in [-0.39, 0.29) is 5.78 Å². The van der Waals surface area contributed by atoms with E-state index in [4.69, 9.17) is 4.74 Å². The van der Waals surface area contributed by atoms with Gasteiger partial charge < -0.3 is 4.74 Å². The number of hydrogen-bond acceptors (Lipinski definition) is 2. The van der Waals surface area contributed by atoms with Crippen LogP contribution in [0.1, 0.15) is 30.4 Å². The Balaban J connectivity index is 1.61. The van der Waals surface area contributed by atoms with Crippen LogP contribution in [0.4, 0.5) is 0 Å². The van der Waals surface area contributed by atoms with Gasteiger partial charge >= 0.3 is 0 Å². The molecule has 2 aromatic rings. The van der Waals surface area contributed by atoms with Crippen molar-refractivity contribution in [1.82, 2.24) is 0 Å². The smallest absolute Gasteiger partial charge is 0.136 e. The number of carbonyl (C=O) groups is 1. The summed E-state index contributed by atoms with van der Waals surface area (Å²) in [5.74, 6) is 1.12. The molecule has 0 spiro atoms. The van der Waals surface area contributed by atoms with Crippen LogP contribution in [0.5, 0.6) is 5.75 Å². The van der Waals surface area contributed by atoms with E-state index in [1.54, 1.807) is 0 Å². The first-order valence-electron chi connectivity index (χ1n) is 7.49. The van der Waals surface area contributed by atoms with E-state index in [1.165, 1.54) is 11.1 Å². The van der Waals surface area contributed by atoms with Crippen LogP contribution >= 0.6 is 0 Å². The fourth-order valence-electron chi connectivity index (χ4n) is 2.25. The lowest BCUT2D eigenvalue weighted by Crippen LogP contribution is -2.06. The summed E-state index contributed by atoms with van der Waals surface area (Å²) in [4.78, 5) is 11.8. The maximum atomic E-state index is 11.8. The molecular weight excluding hydrogens is 260 g/mol. The summed E-state index contributed by atoms with van der Waals surface area (Å²) < 4.78 is 5.60. The van der Waals surface area contributed by atoms with Crippen molar-refractivity contribution in [3.63, 3.8) is 0 Å². The average Bonchev–Trinajstić information content (AvgIpc) is 2.48. The molecule has 0 bridgehead atoms. The Bertz CT molecular complexity index is 561. The van der Waals surface area contributed by atoms with E-state index >= 15 is 0 Å². The van der Waals surface area contributed by atoms with Gasteiger partial charge in [-0.1, -0.05) is 42.5 Å². The molecule has 0 aliphatic heterocycles. The van der Waals surface area contributed by atoms with Crippen LogP contribution in [0, 0.1) is 6.92 Å². The molecule has 2 nitrogen and oxygen atoms in total. The molecule has 0 aromatic heterocycles.